The third-order valence-electron chi connectivity index (χ3n) is 5.55. The summed E-state index contributed by atoms with van der Waals surface area (Å²) in [7, 11) is 1.75. The van der Waals surface area contributed by atoms with E-state index in [2.05, 4.69) is 10.6 Å². The van der Waals surface area contributed by atoms with Gasteiger partial charge < -0.3 is 20.9 Å². The number of carbonyl (C=O) groups excluding carboxylic acids is 2. The number of piperidine rings is 1. The average Bonchev–Trinajstić information content (AvgIpc) is 3.39. The molecule has 0 bridgehead atoms. The number of hydrogen-bond acceptors (Lipinski definition) is 4. The quantitative estimate of drug-likeness (QED) is 0.718. The zero-order valence-corrected chi connectivity index (χ0v) is 14.9. The summed E-state index contributed by atoms with van der Waals surface area (Å²) in [5, 5.41) is 13.1. The molecule has 0 aromatic heterocycles. The van der Waals surface area contributed by atoms with Crippen molar-refractivity contribution in [2.24, 2.45) is 5.41 Å². The van der Waals surface area contributed by atoms with Crippen LogP contribution in [0.5, 0.6) is 0 Å². The number of anilines is 1. The normalized spacial score (nSPS) is 19.2. The van der Waals surface area contributed by atoms with Gasteiger partial charge in [-0.2, -0.15) is 0 Å². The number of nitrogens with one attached hydrogen (secondary N) is 3. The lowest BCUT2D eigenvalue weighted by atomic mass is 9.93. The summed E-state index contributed by atoms with van der Waals surface area (Å²) in [4.78, 5) is 26.9. The molecular formula is C19H26N4O2. The molecule has 6 heteroatoms. The van der Waals surface area contributed by atoms with Gasteiger partial charge in [0.15, 0.2) is 0 Å². The molecule has 1 atom stereocenters. The molecule has 0 radical (unpaired) electrons. The lowest BCUT2D eigenvalue weighted by Crippen LogP contribution is -2.49. The molecule has 1 saturated heterocycles. The van der Waals surface area contributed by atoms with E-state index in [-0.39, 0.29) is 11.8 Å². The summed E-state index contributed by atoms with van der Waals surface area (Å²) in [6.45, 7) is 3.35. The highest BCUT2D eigenvalue weighted by atomic mass is 16.2. The monoisotopic (exact) mass is 342 g/mol. The van der Waals surface area contributed by atoms with Gasteiger partial charge in [-0.25, -0.2) is 0 Å². The third-order valence-corrected chi connectivity index (χ3v) is 5.55. The predicted molar refractivity (Wildman–Crippen MR) is 98.3 cm³/mol. The second-order valence-corrected chi connectivity index (χ2v) is 7.22. The largest absolute Gasteiger partial charge is 0.388 e. The van der Waals surface area contributed by atoms with Crippen LogP contribution in [0, 0.1) is 10.8 Å². The minimum absolute atomic E-state index is 0.00574. The van der Waals surface area contributed by atoms with Crippen LogP contribution in [0.25, 0.3) is 0 Å². The smallest absolute Gasteiger partial charge is 0.251 e. The molecule has 1 aliphatic carbocycles. The van der Waals surface area contributed by atoms with E-state index in [1.54, 1.807) is 32.2 Å². The van der Waals surface area contributed by atoms with Crippen LogP contribution in [0.15, 0.2) is 18.2 Å². The van der Waals surface area contributed by atoms with Crippen molar-refractivity contribution in [3.8, 4) is 0 Å². The van der Waals surface area contributed by atoms with E-state index in [1.807, 2.05) is 4.90 Å². The summed E-state index contributed by atoms with van der Waals surface area (Å²) in [6.07, 6.45) is 6.04. The van der Waals surface area contributed by atoms with Gasteiger partial charge in [-0.15, -0.1) is 0 Å². The standard InChI is InChI=1S/C19H26N4O2/c1-13(18(25)23-9-7-19(5-6-19)8-10-23)22-17(24)14-3-4-15(12-20)16(11-14)21-2/h3-4,11-13,20-21H,5-10H2,1-2H3,(H,22,24). The molecule has 1 spiro atoms. The van der Waals surface area contributed by atoms with Crippen LogP contribution >= 0.6 is 0 Å². The van der Waals surface area contributed by atoms with E-state index in [0.717, 1.165) is 25.9 Å². The number of rotatable bonds is 5. The highest BCUT2D eigenvalue weighted by molar-refractivity contribution is 5.99. The van der Waals surface area contributed by atoms with E-state index in [9.17, 15) is 9.59 Å². The second kappa shape index (κ2) is 6.86. The maximum absolute atomic E-state index is 12.6. The third kappa shape index (κ3) is 3.67. The average molecular weight is 342 g/mol. The lowest BCUT2D eigenvalue weighted by molar-refractivity contribution is -0.134. The number of nitrogens with zero attached hydrogens (tertiary/aromatic N) is 1. The van der Waals surface area contributed by atoms with Gasteiger partial charge in [0.25, 0.3) is 5.91 Å². The van der Waals surface area contributed by atoms with E-state index in [1.165, 1.54) is 19.1 Å². The first kappa shape index (κ1) is 17.5. The highest BCUT2D eigenvalue weighted by Crippen LogP contribution is 2.53. The maximum atomic E-state index is 12.6. The Morgan fingerprint density at radius 2 is 1.92 bits per heavy atom. The Hall–Kier alpha value is -2.37. The molecule has 2 aliphatic rings. The van der Waals surface area contributed by atoms with E-state index in [4.69, 9.17) is 5.41 Å². The predicted octanol–water partition coefficient (Wildman–Crippen LogP) is 2.25. The molecule has 2 amide bonds. The Balaban J connectivity index is 1.60. The zero-order chi connectivity index (χ0) is 18.0. The Labute approximate surface area is 148 Å². The van der Waals surface area contributed by atoms with Crippen LogP contribution in [0.3, 0.4) is 0 Å². The molecule has 1 heterocycles. The van der Waals surface area contributed by atoms with Crippen molar-refractivity contribution in [3.05, 3.63) is 29.3 Å². The van der Waals surface area contributed by atoms with Crippen LogP contribution in [-0.4, -0.2) is 49.1 Å². The SMILES string of the molecule is CNc1cc(C(=O)NC(C)C(=O)N2CCC3(CC2)CC3)ccc1C=N. The fourth-order valence-corrected chi connectivity index (χ4v) is 3.53. The minimum Gasteiger partial charge on any atom is -0.388 e. The number of hydrogen-bond donors (Lipinski definition) is 3. The van der Waals surface area contributed by atoms with Crippen LogP contribution in [0.1, 0.15) is 48.5 Å². The van der Waals surface area contributed by atoms with Crippen LogP contribution < -0.4 is 10.6 Å². The zero-order valence-electron chi connectivity index (χ0n) is 14.9. The molecule has 1 aromatic carbocycles. The lowest BCUT2D eigenvalue weighted by Gasteiger charge is -2.33. The van der Waals surface area contributed by atoms with E-state index in [0.29, 0.717) is 22.2 Å². The van der Waals surface area contributed by atoms with Gasteiger partial charge in [0.05, 0.1) is 0 Å². The van der Waals surface area contributed by atoms with Crippen LogP contribution in [-0.2, 0) is 4.79 Å². The second-order valence-electron chi connectivity index (χ2n) is 7.22. The Morgan fingerprint density at radius 3 is 2.48 bits per heavy atom. The van der Waals surface area contributed by atoms with Gasteiger partial charge in [-0.3, -0.25) is 9.59 Å². The van der Waals surface area contributed by atoms with Crippen molar-refractivity contribution in [2.75, 3.05) is 25.5 Å². The van der Waals surface area contributed by atoms with Crippen LogP contribution in [0.2, 0.25) is 0 Å². The summed E-state index contributed by atoms with van der Waals surface area (Å²) in [6, 6.07) is 4.55. The summed E-state index contributed by atoms with van der Waals surface area (Å²) < 4.78 is 0. The van der Waals surface area contributed by atoms with Crippen molar-refractivity contribution < 1.29 is 9.59 Å². The number of amides is 2. The van der Waals surface area contributed by atoms with Gasteiger partial charge in [-0.1, -0.05) is 6.07 Å². The number of likely N-dealkylation sites (tertiary alicyclic amines) is 1. The maximum Gasteiger partial charge on any atom is 0.251 e. The topological polar surface area (TPSA) is 85.3 Å². The molecule has 3 rings (SSSR count). The molecule has 1 aromatic rings. The van der Waals surface area contributed by atoms with Crippen molar-refractivity contribution in [1.82, 2.24) is 10.2 Å². The van der Waals surface area contributed by atoms with Crippen molar-refractivity contribution in [3.63, 3.8) is 0 Å². The Morgan fingerprint density at radius 1 is 1.24 bits per heavy atom. The summed E-state index contributed by atoms with van der Waals surface area (Å²) in [5.41, 5.74) is 2.44. The Kier molecular flexibility index (Phi) is 4.79. The molecule has 1 unspecified atom stereocenters. The van der Waals surface area contributed by atoms with Crippen molar-refractivity contribution in [1.29, 1.82) is 5.41 Å². The highest BCUT2D eigenvalue weighted by Gasteiger charge is 2.45. The van der Waals surface area contributed by atoms with Crippen molar-refractivity contribution >= 4 is 23.7 Å². The molecule has 134 valence electrons. The fourth-order valence-electron chi connectivity index (χ4n) is 3.53. The van der Waals surface area contributed by atoms with E-state index < -0.39 is 6.04 Å². The van der Waals surface area contributed by atoms with Gasteiger partial charge in [0, 0.05) is 43.2 Å². The molecule has 3 N–H and O–H groups in total. The van der Waals surface area contributed by atoms with Crippen LogP contribution in [0.4, 0.5) is 5.69 Å². The fraction of sp³-hybridized carbons (Fsp3) is 0.526. The van der Waals surface area contributed by atoms with Gasteiger partial charge in [0.2, 0.25) is 5.91 Å². The molecule has 2 fully saturated rings. The van der Waals surface area contributed by atoms with Gasteiger partial charge in [0.1, 0.15) is 6.04 Å². The molecule has 25 heavy (non-hydrogen) atoms. The Bertz CT molecular complexity index is 687. The van der Waals surface area contributed by atoms with Gasteiger partial charge >= 0.3 is 0 Å². The summed E-state index contributed by atoms with van der Waals surface area (Å²) in [5.74, 6) is -0.279. The number of carbonyl (C=O) groups is 2. The van der Waals surface area contributed by atoms with E-state index >= 15 is 0 Å². The first-order valence-corrected chi connectivity index (χ1v) is 8.90. The molecule has 1 saturated carbocycles. The molecule has 1 aliphatic heterocycles. The minimum atomic E-state index is -0.541. The van der Waals surface area contributed by atoms with Crippen molar-refractivity contribution in [2.45, 2.75) is 38.6 Å². The first-order chi connectivity index (χ1) is 12.0. The molecule has 6 nitrogen and oxygen atoms in total. The van der Waals surface area contributed by atoms with Gasteiger partial charge in [-0.05, 0) is 50.2 Å². The number of benzene rings is 1. The molecular weight excluding hydrogens is 316 g/mol. The summed E-state index contributed by atoms with van der Waals surface area (Å²) >= 11 is 0. The first-order valence-electron chi connectivity index (χ1n) is 8.90.